The Bertz CT molecular complexity index is 542. The average Bonchev–Trinajstić information content (AvgIpc) is 2.46. The second-order valence-electron chi connectivity index (χ2n) is 4.14. The fourth-order valence-electron chi connectivity index (χ4n) is 1.42. The molecule has 2 aromatic rings. The first-order valence-corrected chi connectivity index (χ1v) is 5.88. The van der Waals surface area contributed by atoms with Gasteiger partial charge in [-0.3, -0.25) is 9.78 Å². The van der Waals surface area contributed by atoms with Crippen molar-refractivity contribution in [1.29, 1.82) is 0 Å². The van der Waals surface area contributed by atoms with Crippen LogP contribution < -0.4 is 5.32 Å². The average molecular weight is 258 g/mol. The van der Waals surface area contributed by atoms with E-state index in [1.807, 2.05) is 18.2 Å². The van der Waals surface area contributed by atoms with Crippen molar-refractivity contribution in [2.45, 2.75) is 6.92 Å². The minimum atomic E-state index is -0.842. The monoisotopic (exact) mass is 258 g/mol. The van der Waals surface area contributed by atoms with Crippen LogP contribution >= 0.6 is 0 Å². The van der Waals surface area contributed by atoms with Gasteiger partial charge in [0.05, 0.1) is 11.6 Å². The van der Waals surface area contributed by atoms with Crippen molar-refractivity contribution in [2.75, 3.05) is 11.9 Å². The number of aromatic nitrogens is 3. The van der Waals surface area contributed by atoms with E-state index in [2.05, 4.69) is 20.5 Å². The molecule has 0 radical (unpaired) electrons. The molecule has 2 N–H and O–H groups in total. The highest BCUT2D eigenvalue weighted by Gasteiger charge is 2.10. The highest BCUT2D eigenvalue weighted by Crippen LogP contribution is 2.13. The van der Waals surface area contributed by atoms with E-state index in [0.717, 1.165) is 5.69 Å². The number of nitrogens with zero attached hydrogens (tertiary/aromatic N) is 3. The first kappa shape index (κ1) is 12.9. The molecular weight excluding hydrogens is 244 g/mol. The van der Waals surface area contributed by atoms with Crippen LogP contribution in [0.1, 0.15) is 6.92 Å². The maximum atomic E-state index is 10.7. The van der Waals surface area contributed by atoms with Crippen LogP contribution in [0.5, 0.6) is 0 Å². The summed E-state index contributed by atoms with van der Waals surface area (Å²) in [7, 11) is 0. The lowest BCUT2D eigenvalue weighted by atomic mass is 10.2. The van der Waals surface area contributed by atoms with Gasteiger partial charge in [-0.05, 0) is 24.3 Å². The molecule has 0 aliphatic rings. The van der Waals surface area contributed by atoms with Crippen LogP contribution in [0.15, 0.2) is 36.5 Å². The molecule has 19 heavy (non-hydrogen) atoms. The van der Waals surface area contributed by atoms with Crippen LogP contribution in [0.4, 0.5) is 5.82 Å². The molecule has 2 aromatic heterocycles. The van der Waals surface area contributed by atoms with Gasteiger partial charge in [0.1, 0.15) is 11.5 Å². The normalized spacial score (nSPS) is 11.8. The SMILES string of the molecule is CC(CNc1ccc(-c2ccccn2)nn1)C(=O)O. The number of anilines is 1. The second-order valence-corrected chi connectivity index (χ2v) is 4.14. The minimum Gasteiger partial charge on any atom is -0.481 e. The van der Waals surface area contributed by atoms with Gasteiger partial charge >= 0.3 is 5.97 Å². The molecule has 6 nitrogen and oxygen atoms in total. The van der Waals surface area contributed by atoms with E-state index < -0.39 is 11.9 Å². The Morgan fingerprint density at radius 2 is 2.11 bits per heavy atom. The van der Waals surface area contributed by atoms with Gasteiger partial charge < -0.3 is 10.4 Å². The Balaban J connectivity index is 2.01. The summed E-state index contributed by atoms with van der Waals surface area (Å²) in [5, 5.41) is 19.7. The van der Waals surface area contributed by atoms with E-state index in [4.69, 9.17) is 5.11 Å². The highest BCUT2D eigenvalue weighted by atomic mass is 16.4. The summed E-state index contributed by atoms with van der Waals surface area (Å²) < 4.78 is 0. The highest BCUT2D eigenvalue weighted by molar-refractivity contribution is 5.70. The molecule has 0 aliphatic carbocycles. The molecule has 0 spiro atoms. The number of carbonyl (C=O) groups is 1. The maximum absolute atomic E-state index is 10.7. The molecule has 1 atom stereocenters. The van der Waals surface area contributed by atoms with E-state index in [0.29, 0.717) is 18.1 Å². The number of rotatable bonds is 5. The Morgan fingerprint density at radius 1 is 1.26 bits per heavy atom. The summed E-state index contributed by atoms with van der Waals surface area (Å²) in [5.74, 6) is -0.768. The van der Waals surface area contributed by atoms with Crippen molar-refractivity contribution in [2.24, 2.45) is 5.92 Å². The summed E-state index contributed by atoms with van der Waals surface area (Å²) in [4.78, 5) is 14.9. The quantitative estimate of drug-likeness (QED) is 0.848. The van der Waals surface area contributed by atoms with Gasteiger partial charge in [0.25, 0.3) is 0 Å². The third kappa shape index (κ3) is 3.48. The number of nitrogens with one attached hydrogen (secondary N) is 1. The van der Waals surface area contributed by atoms with E-state index in [1.165, 1.54) is 0 Å². The Kier molecular flexibility index (Phi) is 4.02. The van der Waals surface area contributed by atoms with Crippen LogP contribution in [0.25, 0.3) is 11.4 Å². The maximum Gasteiger partial charge on any atom is 0.308 e. The summed E-state index contributed by atoms with van der Waals surface area (Å²) in [6.45, 7) is 1.94. The van der Waals surface area contributed by atoms with Crippen LogP contribution in [-0.4, -0.2) is 32.8 Å². The standard InChI is InChI=1S/C13H14N4O2/c1-9(13(18)19)8-15-12-6-5-11(16-17-12)10-4-2-3-7-14-10/h2-7,9H,8H2,1H3,(H,15,17)(H,18,19). The fraction of sp³-hybridized carbons (Fsp3) is 0.231. The largest absolute Gasteiger partial charge is 0.481 e. The van der Waals surface area contributed by atoms with Gasteiger partial charge in [0, 0.05) is 12.7 Å². The molecule has 0 saturated heterocycles. The third-order valence-electron chi connectivity index (χ3n) is 2.60. The van der Waals surface area contributed by atoms with Gasteiger partial charge in [-0.25, -0.2) is 0 Å². The predicted molar refractivity (Wildman–Crippen MR) is 70.6 cm³/mol. The zero-order valence-corrected chi connectivity index (χ0v) is 10.4. The van der Waals surface area contributed by atoms with Gasteiger partial charge in [0.2, 0.25) is 0 Å². The lowest BCUT2D eigenvalue weighted by Gasteiger charge is -2.08. The first-order chi connectivity index (χ1) is 9.16. The molecule has 0 bridgehead atoms. The summed E-state index contributed by atoms with van der Waals surface area (Å²) in [6, 6.07) is 9.11. The van der Waals surface area contributed by atoms with Crippen molar-refractivity contribution >= 4 is 11.8 Å². The Labute approximate surface area is 110 Å². The first-order valence-electron chi connectivity index (χ1n) is 5.88. The van der Waals surface area contributed by atoms with Crippen LogP contribution in [0.3, 0.4) is 0 Å². The number of aliphatic carboxylic acids is 1. The van der Waals surface area contributed by atoms with Gasteiger partial charge in [0.15, 0.2) is 0 Å². The van der Waals surface area contributed by atoms with Gasteiger partial charge in [-0.2, -0.15) is 0 Å². The van der Waals surface area contributed by atoms with E-state index in [-0.39, 0.29) is 0 Å². The zero-order chi connectivity index (χ0) is 13.7. The van der Waals surface area contributed by atoms with Gasteiger partial charge in [-0.1, -0.05) is 13.0 Å². The molecule has 2 heterocycles. The van der Waals surface area contributed by atoms with Crippen molar-refractivity contribution in [3.63, 3.8) is 0 Å². The van der Waals surface area contributed by atoms with Crippen molar-refractivity contribution < 1.29 is 9.90 Å². The van der Waals surface area contributed by atoms with Crippen molar-refractivity contribution in [1.82, 2.24) is 15.2 Å². The summed E-state index contributed by atoms with van der Waals surface area (Å²) >= 11 is 0. The minimum absolute atomic E-state index is 0.312. The van der Waals surface area contributed by atoms with Gasteiger partial charge in [-0.15, -0.1) is 10.2 Å². The van der Waals surface area contributed by atoms with E-state index >= 15 is 0 Å². The van der Waals surface area contributed by atoms with E-state index in [9.17, 15) is 4.79 Å². The smallest absolute Gasteiger partial charge is 0.308 e. The molecule has 1 unspecified atom stereocenters. The van der Waals surface area contributed by atoms with Crippen molar-refractivity contribution in [3.8, 4) is 11.4 Å². The topological polar surface area (TPSA) is 88.0 Å². The second kappa shape index (κ2) is 5.90. The summed E-state index contributed by atoms with van der Waals surface area (Å²) in [6.07, 6.45) is 1.69. The molecular formula is C13H14N4O2. The third-order valence-corrected chi connectivity index (χ3v) is 2.60. The fourth-order valence-corrected chi connectivity index (χ4v) is 1.42. The zero-order valence-electron chi connectivity index (χ0n) is 10.4. The molecule has 0 aromatic carbocycles. The van der Waals surface area contributed by atoms with E-state index in [1.54, 1.807) is 25.3 Å². The lowest BCUT2D eigenvalue weighted by Crippen LogP contribution is -2.20. The molecule has 2 rings (SSSR count). The molecule has 0 saturated carbocycles. The van der Waals surface area contributed by atoms with Crippen molar-refractivity contribution in [3.05, 3.63) is 36.5 Å². The summed E-state index contributed by atoms with van der Waals surface area (Å²) in [5.41, 5.74) is 1.43. The van der Waals surface area contributed by atoms with Crippen LogP contribution in [-0.2, 0) is 4.79 Å². The lowest BCUT2D eigenvalue weighted by molar-refractivity contribution is -0.140. The number of pyridine rings is 1. The number of hydrogen-bond donors (Lipinski definition) is 2. The predicted octanol–water partition coefficient (Wildman–Crippen LogP) is 1.67. The van der Waals surface area contributed by atoms with Crippen LogP contribution in [0.2, 0.25) is 0 Å². The molecule has 0 amide bonds. The molecule has 98 valence electrons. The number of carboxylic acids is 1. The Morgan fingerprint density at radius 3 is 2.68 bits per heavy atom. The number of hydrogen-bond acceptors (Lipinski definition) is 5. The molecule has 6 heteroatoms. The number of carboxylic acid groups (broad SMARTS) is 1. The molecule has 0 aliphatic heterocycles. The molecule has 0 fully saturated rings. The Hall–Kier alpha value is -2.50. The van der Waals surface area contributed by atoms with Crippen LogP contribution in [0, 0.1) is 5.92 Å².